The molecule has 9 rings (SSSR count). The number of nitro benzene ring substituents is 1. The van der Waals surface area contributed by atoms with Crippen LogP contribution in [0.1, 0.15) is 48.3 Å². The lowest BCUT2D eigenvalue weighted by Crippen LogP contribution is -2.47. The molecule has 1 aliphatic carbocycles. The van der Waals surface area contributed by atoms with E-state index in [1.165, 1.54) is 46.0 Å². The van der Waals surface area contributed by atoms with Crippen LogP contribution in [0, 0.1) is 15.5 Å². The highest BCUT2D eigenvalue weighted by Crippen LogP contribution is 2.46. The standard InChI is InChI=1S/C48H50ClN7O8S2/c1-48(2)13-11-33(41(25-48)45-22-34(30-65-45)31-3-5-35(49)6-4-31)28-54-15-17-55(18-16-54)36-7-9-40(44(23-36)64-37-21-32-12-14-50-46(32)52-26-37)47(57)53-66(60,61)39-8-10-42(43(24-39)56(58)59)51-27-38-29-62-19-20-63-38/h3-10,12,14,21-24,26,30,38,51H,11,13,15-20,25,27-29H2,1-2H3,(H,50,52)(H,53,57). The van der Waals surface area contributed by atoms with Gasteiger partial charge in [0.05, 0.1) is 47.5 Å². The summed E-state index contributed by atoms with van der Waals surface area (Å²) in [6.45, 7) is 10.1. The zero-order chi connectivity index (χ0) is 46.0. The van der Waals surface area contributed by atoms with Gasteiger partial charge in [0.15, 0.2) is 0 Å². The number of nitrogens with one attached hydrogen (secondary N) is 3. The maximum atomic E-state index is 14.0. The summed E-state index contributed by atoms with van der Waals surface area (Å²) in [5.74, 6) is -0.509. The Morgan fingerprint density at radius 2 is 1.85 bits per heavy atom. The van der Waals surface area contributed by atoms with Crippen LogP contribution in [0.25, 0.3) is 27.7 Å². The average molecular weight is 953 g/mol. The van der Waals surface area contributed by atoms with Crippen molar-refractivity contribution in [3.8, 4) is 22.6 Å². The molecule has 0 bridgehead atoms. The van der Waals surface area contributed by atoms with Crippen LogP contribution in [0.5, 0.6) is 11.5 Å². The van der Waals surface area contributed by atoms with Crippen molar-refractivity contribution < 1.29 is 32.3 Å². The first-order chi connectivity index (χ1) is 31.8. The third-order valence-electron chi connectivity index (χ3n) is 12.3. The lowest BCUT2D eigenvalue weighted by atomic mass is 9.73. The lowest BCUT2D eigenvalue weighted by Gasteiger charge is -2.39. The maximum absolute atomic E-state index is 14.0. The molecule has 15 nitrogen and oxygen atoms in total. The second kappa shape index (κ2) is 19.2. The van der Waals surface area contributed by atoms with Crippen molar-refractivity contribution >= 4 is 72.5 Å². The summed E-state index contributed by atoms with van der Waals surface area (Å²) in [7, 11) is -4.59. The van der Waals surface area contributed by atoms with Gasteiger partial charge in [0, 0.05) is 78.6 Å². The van der Waals surface area contributed by atoms with Gasteiger partial charge in [-0.05, 0) is 101 Å². The quantitative estimate of drug-likeness (QED) is 0.0696. The molecule has 2 aliphatic heterocycles. The molecule has 5 heterocycles. The number of ether oxygens (including phenoxy) is 3. The minimum Gasteiger partial charge on any atom is -0.455 e. The van der Waals surface area contributed by atoms with Crippen molar-refractivity contribution in [2.75, 3.05) is 69.3 Å². The predicted molar refractivity (Wildman–Crippen MR) is 257 cm³/mol. The third-order valence-corrected chi connectivity index (χ3v) is 14.9. The van der Waals surface area contributed by atoms with Crippen molar-refractivity contribution in [3.05, 3.63) is 128 Å². The number of nitro groups is 1. The van der Waals surface area contributed by atoms with Gasteiger partial charge in [-0.2, -0.15) is 0 Å². The summed E-state index contributed by atoms with van der Waals surface area (Å²) >= 11 is 7.98. The van der Waals surface area contributed by atoms with Gasteiger partial charge < -0.3 is 29.4 Å². The van der Waals surface area contributed by atoms with E-state index in [9.17, 15) is 23.3 Å². The Morgan fingerprint density at radius 1 is 1.03 bits per heavy atom. The van der Waals surface area contributed by atoms with Crippen LogP contribution < -0.4 is 19.7 Å². The van der Waals surface area contributed by atoms with Crippen LogP contribution in [0.2, 0.25) is 5.02 Å². The number of anilines is 2. The molecule has 66 heavy (non-hydrogen) atoms. The molecular formula is C48H50ClN7O8S2. The number of halogens is 1. The maximum Gasteiger partial charge on any atom is 0.293 e. The molecule has 344 valence electrons. The number of piperazine rings is 1. The van der Waals surface area contributed by atoms with Gasteiger partial charge in [-0.1, -0.05) is 43.2 Å². The molecule has 2 fully saturated rings. The Hall–Kier alpha value is -5.82. The summed E-state index contributed by atoms with van der Waals surface area (Å²) in [6.07, 6.45) is 6.16. The van der Waals surface area contributed by atoms with Gasteiger partial charge in [-0.25, -0.2) is 18.1 Å². The fourth-order valence-corrected chi connectivity index (χ4v) is 10.8. The first kappa shape index (κ1) is 45.3. The summed E-state index contributed by atoms with van der Waals surface area (Å²) in [6, 6.07) is 22.4. The van der Waals surface area contributed by atoms with Crippen molar-refractivity contribution in [2.45, 2.75) is 44.1 Å². The van der Waals surface area contributed by atoms with Crippen LogP contribution in [-0.2, 0) is 19.5 Å². The molecule has 0 saturated carbocycles. The van der Waals surface area contributed by atoms with E-state index in [0.29, 0.717) is 31.2 Å². The third kappa shape index (κ3) is 10.4. The number of allylic oxidation sites excluding steroid dienone is 1. The van der Waals surface area contributed by atoms with Crippen LogP contribution in [0.15, 0.2) is 107 Å². The van der Waals surface area contributed by atoms with Gasteiger partial charge in [-0.15, -0.1) is 11.3 Å². The predicted octanol–water partition coefficient (Wildman–Crippen LogP) is 9.38. The Bertz CT molecular complexity index is 2900. The summed E-state index contributed by atoms with van der Waals surface area (Å²) in [5, 5.41) is 18.8. The van der Waals surface area contributed by atoms with E-state index in [1.54, 1.807) is 35.7 Å². The number of benzene rings is 3. The zero-order valence-electron chi connectivity index (χ0n) is 36.5. The molecule has 18 heteroatoms. The Labute approximate surface area is 391 Å². The van der Waals surface area contributed by atoms with Gasteiger partial charge in [-0.3, -0.25) is 19.8 Å². The second-order valence-electron chi connectivity index (χ2n) is 17.6. The highest BCUT2D eigenvalue weighted by atomic mass is 35.5. The second-order valence-corrected chi connectivity index (χ2v) is 20.6. The van der Waals surface area contributed by atoms with Crippen molar-refractivity contribution in [2.24, 2.45) is 5.41 Å². The van der Waals surface area contributed by atoms with Crippen LogP contribution in [-0.4, -0.2) is 99.3 Å². The number of H-pyrrole nitrogens is 1. The number of hydrogen-bond acceptors (Lipinski definition) is 13. The van der Waals surface area contributed by atoms with Crippen molar-refractivity contribution in [3.63, 3.8) is 0 Å². The van der Waals surface area contributed by atoms with E-state index < -0.39 is 31.4 Å². The SMILES string of the molecule is CC1(C)CCC(CN2CCN(c3ccc(C(=O)NS(=O)(=O)c4ccc(NCC5COCCO5)c([N+](=O)[O-])c4)c(Oc4cnc5[nH]ccc5c4)c3)CC2)=C(c2cc(-c3ccc(Cl)cc3)cs2)C1. The molecule has 1 amide bonds. The van der Waals surface area contributed by atoms with E-state index in [0.717, 1.165) is 79.7 Å². The molecule has 2 saturated heterocycles. The van der Waals surface area contributed by atoms with E-state index in [4.69, 9.17) is 25.8 Å². The number of pyridine rings is 1. The van der Waals surface area contributed by atoms with Crippen LogP contribution in [0.3, 0.4) is 0 Å². The molecule has 3 aromatic heterocycles. The number of aromatic nitrogens is 2. The molecule has 3 N–H and O–H groups in total. The van der Waals surface area contributed by atoms with E-state index >= 15 is 0 Å². The van der Waals surface area contributed by atoms with Crippen LogP contribution in [0.4, 0.5) is 17.1 Å². The fourth-order valence-electron chi connectivity index (χ4n) is 8.67. The minimum absolute atomic E-state index is 0.0508. The van der Waals surface area contributed by atoms with Gasteiger partial charge in [0.2, 0.25) is 0 Å². The molecular weight excluding hydrogens is 902 g/mol. The number of carbonyl (C=O) groups excluding carboxylic acids is 1. The average Bonchev–Trinajstić information content (AvgIpc) is 4.00. The number of rotatable bonds is 14. The first-order valence-electron chi connectivity index (χ1n) is 21.8. The number of sulfonamides is 1. The molecule has 3 aromatic carbocycles. The molecule has 0 radical (unpaired) electrons. The first-order valence-corrected chi connectivity index (χ1v) is 24.6. The fraction of sp³-hybridized carbons (Fsp3) is 0.333. The van der Waals surface area contributed by atoms with Gasteiger partial charge in [0.1, 0.15) is 22.8 Å². The minimum atomic E-state index is -4.59. The van der Waals surface area contributed by atoms with E-state index in [1.807, 2.05) is 18.2 Å². The van der Waals surface area contributed by atoms with Crippen molar-refractivity contribution in [1.82, 2.24) is 19.6 Å². The monoisotopic (exact) mass is 951 g/mol. The largest absolute Gasteiger partial charge is 0.455 e. The summed E-state index contributed by atoms with van der Waals surface area (Å²) in [5.41, 5.74) is 6.54. The molecule has 0 spiro atoms. The number of hydrogen-bond donors (Lipinski definition) is 3. The Kier molecular flexibility index (Phi) is 13.2. The number of thiophene rings is 1. The number of nitrogens with zero attached hydrogens (tertiary/aromatic N) is 4. The Balaban J connectivity index is 0.922. The van der Waals surface area contributed by atoms with E-state index in [2.05, 4.69) is 67.2 Å². The van der Waals surface area contributed by atoms with Crippen molar-refractivity contribution in [1.29, 1.82) is 0 Å². The Morgan fingerprint density at radius 3 is 2.62 bits per heavy atom. The number of aromatic amines is 1. The van der Waals surface area contributed by atoms with Crippen LogP contribution >= 0.6 is 22.9 Å². The van der Waals surface area contributed by atoms with Gasteiger partial charge in [0.25, 0.3) is 21.6 Å². The highest BCUT2D eigenvalue weighted by molar-refractivity contribution is 7.90. The smallest absolute Gasteiger partial charge is 0.293 e. The lowest BCUT2D eigenvalue weighted by molar-refractivity contribution is -0.384. The number of carbonyl (C=O) groups is 1. The number of fused-ring (bicyclic) bond motifs is 1. The topological polar surface area (TPSA) is 181 Å². The molecule has 3 aliphatic rings. The molecule has 1 atom stereocenters. The summed E-state index contributed by atoms with van der Waals surface area (Å²) in [4.78, 5) is 38.4. The highest BCUT2D eigenvalue weighted by Gasteiger charge is 2.31. The molecule has 6 aromatic rings. The zero-order valence-corrected chi connectivity index (χ0v) is 38.9. The normalized spacial score (nSPS) is 18.0. The van der Waals surface area contributed by atoms with Gasteiger partial charge >= 0.3 is 0 Å². The van der Waals surface area contributed by atoms with E-state index in [-0.39, 0.29) is 35.1 Å². The number of amides is 1. The summed E-state index contributed by atoms with van der Waals surface area (Å²) < 4.78 is 46.8. The molecule has 1 unspecified atom stereocenters.